The monoisotopic (exact) mass is 814 g/mol. The Morgan fingerprint density at radius 3 is 1.30 bits per heavy atom. The van der Waals surface area contributed by atoms with Crippen LogP contribution in [-0.2, 0) is 0 Å². The Balaban J connectivity index is 1.18. The summed E-state index contributed by atoms with van der Waals surface area (Å²) in [5.41, 5.74) is 20.1. The highest BCUT2D eigenvalue weighted by atomic mass is 32.1. The van der Waals surface area contributed by atoms with Crippen LogP contribution in [0.2, 0.25) is 0 Å². The summed E-state index contributed by atoms with van der Waals surface area (Å²) in [6.07, 6.45) is 0. The molecule has 0 N–H and O–H groups in total. The van der Waals surface area contributed by atoms with E-state index in [1.807, 2.05) is 11.3 Å². The summed E-state index contributed by atoms with van der Waals surface area (Å²) in [6.45, 7) is 0. The van der Waals surface area contributed by atoms with E-state index in [1.165, 1.54) is 131 Å². The number of hydrogen-bond acceptors (Lipinski definition) is 1. The van der Waals surface area contributed by atoms with E-state index in [-0.39, 0.29) is 0 Å². The largest absolute Gasteiger partial charge is 0.135 e. The zero-order valence-electron chi connectivity index (χ0n) is 34.3. The van der Waals surface area contributed by atoms with Gasteiger partial charge in [0.2, 0.25) is 0 Å². The second kappa shape index (κ2) is 14.4. The molecule has 63 heavy (non-hydrogen) atoms. The topological polar surface area (TPSA) is 0 Å². The molecule has 0 fully saturated rings. The number of hydrogen-bond donors (Lipinski definition) is 0. The van der Waals surface area contributed by atoms with Gasteiger partial charge >= 0.3 is 0 Å². The van der Waals surface area contributed by atoms with Gasteiger partial charge in [-0.15, -0.1) is 11.3 Å². The van der Waals surface area contributed by atoms with E-state index in [2.05, 4.69) is 231 Å². The summed E-state index contributed by atoms with van der Waals surface area (Å²) in [4.78, 5) is 0. The zero-order chi connectivity index (χ0) is 41.4. The van der Waals surface area contributed by atoms with Gasteiger partial charge < -0.3 is 0 Å². The van der Waals surface area contributed by atoms with E-state index >= 15 is 0 Å². The first-order chi connectivity index (χ1) is 31.3. The minimum atomic E-state index is 1.21. The van der Waals surface area contributed by atoms with E-state index in [0.717, 1.165) is 0 Å². The number of benzene rings is 11. The van der Waals surface area contributed by atoms with Crippen molar-refractivity contribution in [1.29, 1.82) is 0 Å². The molecule has 0 nitrogen and oxygen atoms in total. The van der Waals surface area contributed by atoms with Gasteiger partial charge in [0.1, 0.15) is 0 Å². The zero-order valence-corrected chi connectivity index (χ0v) is 35.2. The molecule has 12 aromatic rings. The van der Waals surface area contributed by atoms with Crippen molar-refractivity contribution >= 4 is 53.1 Å². The van der Waals surface area contributed by atoms with Crippen molar-refractivity contribution in [2.45, 2.75) is 0 Å². The summed E-state index contributed by atoms with van der Waals surface area (Å²) in [5, 5.41) is 7.72. The lowest BCUT2D eigenvalue weighted by Gasteiger charge is -2.26. The number of rotatable bonds is 6. The minimum Gasteiger partial charge on any atom is -0.135 e. The maximum Gasteiger partial charge on any atom is 0.0434 e. The minimum absolute atomic E-state index is 1.21. The third-order valence-corrected chi connectivity index (χ3v) is 14.4. The highest BCUT2D eigenvalue weighted by molar-refractivity contribution is 7.26. The first-order valence-corrected chi connectivity index (χ1v) is 22.6. The Bertz CT molecular complexity index is 3630. The molecule has 0 amide bonds. The van der Waals surface area contributed by atoms with E-state index in [1.54, 1.807) is 0 Å². The average molecular weight is 815 g/mol. The lowest BCUT2D eigenvalue weighted by molar-refractivity contribution is 1.54. The number of fused-ring (bicyclic) bond motifs is 7. The van der Waals surface area contributed by atoms with Crippen molar-refractivity contribution in [3.8, 4) is 89.0 Å². The van der Waals surface area contributed by atoms with Gasteiger partial charge in [0.05, 0.1) is 0 Å². The highest BCUT2D eigenvalue weighted by Crippen LogP contribution is 2.61. The number of thiophene rings is 1. The molecular formula is C62H38S. The van der Waals surface area contributed by atoms with E-state index in [0.29, 0.717) is 0 Å². The SMILES string of the molecule is c1ccc(-c2c(-c3ccccc3)c(-c3ccccc3)c3c(c2-c2ccccc2)-c2cccc4c(-c5cc(-c6cccc7ccccc67)cc6c5sc5ccccc56)ccc-3c24)cc1. The van der Waals surface area contributed by atoms with Crippen LogP contribution in [0.3, 0.4) is 0 Å². The predicted octanol–water partition coefficient (Wildman–Crippen LogP) is 18.0. The highest BCUT2D eigenvalue weighted by Gasteiger charge is 2.34. The molecular weight excluding hydrogens is 777 g/mol. The Morgan fingerprint density at radius 2 is 0.683 bits per heavy atom. The molecule has 1 aromatic heterocycles. The van der Waals surface area contributed by atoms with Gasteiger partial charge in [-0.3, -0.25) is 0 Å². The quantitative estimate of drug-likeness (QED) is 0.157. The van der Waals surface area contributed by atoms with Gasteiger partial charge in [0, 0.05) is 25.7 Å². The van der Waals surface area contributed by atoms with Gasteiger partial charge in [-0.05, 0) is 123 Å². The van der Waals surface area contributed by atoms with Crippen LogP contribution >= 0.6 is 11.3 Å². The molecule has 1 heterocycles. The molecule has 0 spiro atoms. The fourth-order valence-electron chi connectivity index (χ4n) is 10.6. The van der Waals surface area contributed by atoms with E-state index in [9.17, 15) is 0 Å². The second-order valence-electron chi connectivity index (χ2n) is 16.6. The lowest BCUT2D eigenvalue weighted by Crippen LogP contribution is -1.99. The summed E-state index contributed by atoms with van der Waals surface area (Å²) < 4.78 is 2.63. The molecule has 0 bridgehead atoms. The van der Waals surface area contributed by atoms with Gasteiger partial charge in [0.15, 0.2) is 0 Å². The van der Waals surface area contributed by atoms with Gasteiger partial charge in [-0.1, -0.05) is 212 Å². The first-order valence-electron chi connectivity index (χ1n) is 21.8. The van der Waals surface area contributed by atoms with Crippen molar-refractivity contribution in [2.24, 2.45) is 0 Å². The van der Waals surface area contributed by atoms with Crippen LogP contribution in [0.5, 0.6) is 0 Å². The Labute approximate surface area is 370 Å². The molecule has 0 atom stereocenters. The third-order valence-electron chi connectivity index (χ3n) is 13.2. The molecule has 13 rings (SSSR count). The van der Waals surface area contributed by atoms with Crippen molar-refractivity contribution in [2.75, 3.05) is 0 Å². The smallest absolute Gasteiger partial charge is 0.0434 e. The molecule has 11 aromatic carbocycles. The molecule has 1 heteroatoms. The summed E-state index contributed by atoms with van der Waals surface area (Å²) >= 11 is 1.91. The molecule has 0 saturated heterocycles. The lowest BCUT2D eigenvalue weighted by atomic mass is 9.76. The normalized spacial score (nSPS) is 11.8. The molecule has 292 valence electrons. The standard InChI is InChI=1S/C62H38S/c1-5-20-40(21-6-1)55-56(41-22-7-2-8-23-41)58(43-26-11-4-12-27-43)61-51-36-35-47(49-32-18-33-50(59(49)51)60(61)57(55)42-24-9-3-10-25-42)52-37-44(46-31-17-28-39-19-13-14-29-45(39)46)38-53-48-30-15-16-34-54(48)63-62(52)53/h1-38H. The van der Waals surface area contributed by atoms with Crippen LogP contribution in [0.25, 0.3) is 131 Å². The Kier molecular flexibility index (Phi) is 8.19. The Hall–Kier alpha value is -7.84. The fraction of sp³-hybridized carbons (Fsp3) is 0. The van der Waals surface area contributed by atoms with Crippen LogP contribution in [0.1, 0.15) is 0 Å². The van der Waals surface area contributed by atoms with Crippen LogP contribution < -0.4 is 0 Å². The van der Waals surface area contributed by atoms with E-state index in [4.69, 9.17) is 0 Å². The van der Waals surface area contributed by atoms with Crippen molar-refractivity contribution in [3.63, 3.8) is 0 Å². The van der Waals surface area contributed by atoms with Crippen LogP contribution in [0, 0.1) is 0 Å². The molecule has 0 aliphatic heterocycles. The van der Waals surface area contributed by atoms with Crippen LogP contribution in [-0.4, -0.2) is 0 Å². The molecule has 1 aliphatic carbocycles. The van der Waals surface area contributed by atoms with Gasteiger partial charge in [0.25, 0.3) is 0 Å². The fourth-order valence-corrected chi connectivity index (χ4v) is 11.8. The van der Waals surface area contributed by atoms with Crippen LogP contribution in [0.4, 0.5) is 0 Å². The second-order valence-corrected chi connectivity index (χ2v) is 17.7. The van der Waals surface area contributed by atoms with Gasteiger partial charge in [-0.2, -0.15) is 0 Å². The maximum atomic E-state index is 2.47. The van der Waals surface area contributed by atoms with Crippen molar-refractivity contribution in [3.05, 3.63) is 231 Å². The van der Waals surface area contributed by atoms with Crippen LogP contribution in [0.15, 0.2) is 231 Å². The molecule has 1 aliphatic rings. The maximum absolute atomic E-state index is 2.47. The molecule has 0 saturated carbocycles. The van der Waals surface area contributed by atoms with Crippen molar-refractivity contribution in [1.82, 2.24) is 0 Å². The summed E-state index contributed by atoms with van der Waals surface area (Å²) in [5.74, 6) is 0. The summed E-state index contributed by atoms with van der Waals surface area (Å²) in [7, 11) is 0. The average Bonchev–Trinajstić information content (AvgIpc) is 3.91. The molecule has 0 radical (unpaired) electrons. The predicted molar refractivity (Wildman–Crippen MR) is 271 cm³/mol. The first kappa shape index (κ1) is 35.9. The van der Waals surface area contributed by atoms with E-state index < -0.39 is 0 Å². The van der Waals surface area contributed by atoms with Gasteiger partial charge in [-0.25, -0.2) is 0 Å². The summed E-state index contributed by atoms with van der Waals surface area (Å²) in [6, 6.07) is 85.5. The van der Waals surface area contributed by atoms with Crippen molar-refractivity contribution < 1.29 is 0 Å². The Morgan fingerprint density at radius 1 is 0.238 bits per heavy atom. The molecule has 0 unspecified atom stereocenters. The third kappa shape index (κ3) is 5.54.